The second-order valence-electron chi connectivity index (χ2n) is 7.12. The molecule has 4 rings (SSSR count). The van der Waals surface area contributed by atoms with E-state index in [0.717, 1.165) is 35.7 Å². The van der Waals surface area contributed by atoms with E-state index >= 15 is 0 Å². The van der Waals surface area contributed by atoms with Crippen molar-refractivity contribution < 1.29 is 19.0 Å². The van der Waals surface area contributed by atoms with Crippen molar-refractivity contribution in [1.82, 2.24) is 14.7 Å². The number of ether oxygens (including phenoxy) is 3. The molecule has 27 heavy (non-hydrogen) atoms. The third-order valence-electron chi connectivity index (χ3n) is 4.96. The van der Waals surface area contributed by atoms with E-state index < -0.39 is 0 Å². The molecule has 0 bridgehead atoms. The summed E-state index contributed by atoms with van der Waals surface area (Å²) in [5.41, 5.74) is 1.92. The molecule has 1 saturated heterocycles. The molecule has 1 aromatic carbocycles. The first-order chi connectivity index (χ1) is 13.1. The Morgan fingerprint density at radius 3 is 2.85 bits per heavy atom. The van der Waals surface area contributed by atoms with Gasteiger partial charge in [-0.15, -0.1) is 0 Å². The van der Waals surface area contributed by atoms with E-state index in [1.807, 2.05) is 53.9 Å². The standard InChI is InChI=1S/C20H25N3O4/c1-14-10-15(22(2)21-14)11-23(20(24)19-8-5-9-25-19)12-16-13-26-17-6-3-4-7-18(17)27-16/h3-4,6-7,10,16,19H,5,8-9,11-13H2,1-2H3/t16-,19+/m1/s1. The molecule has 144 valence electrons. The van der Waals surface area contributed by atoms with E-state index in [9.17, 15) is 4.79 Å². The number of para-hydroxylation sites is 2. The van der Waals surface area contributed by atoms with Crippen LogP contribution in [0.15, 0.2) is 30.3 Å². The summed E-state index contributed by atoms with van der Waals surface area (Å²) in [6, 6.07) is 9.61. The van der Waals surface area contributed by atoms with Gasteiger partial charge in [-0.25, -0.2) is 0 Å². The van der Waals surface area contributed by atoms with Gasteiger partial charge in [-0.3, -0.25) is 9.48 Å². The van der Waals surface area contributed by atoms with Crippen LogP contribution in [0.5, 0.6) is 11.5 Å². The zero-order valence-corrected chi connectivity index (χ0v) is 15.8. The lowest BCUT2D eigenvalue weighted by Crippen LogP contribution is -2.46. The average molecular weight is 371 g/mol. The van der Waals surface area contributed by atoms with E-state index in [4.69, 9.17) is 14.2 Å². The molecule has 1 aromatic heterocycles. The molecule has 7 heteroatoms. The SMILES string of the molecule is Cc1cc(CN(C[C@@H]2COc3ccccc3O2)C(=O)[C@@H]2CCCO2)n(C)n1. The predicted molar refractivity (Wildman–Crippen MR) is 98.7 cm³/mol. The summed E-state index contributed by atoms with van der Waals surface area (Å²) >= 11 is 0. The smallest absolute Gasteiger partial charge is 0.252 e. The van der Waals surface area contributed by atoms with E-state index in [2.05, 4.69) is 5.10 Å². The highest BCUT2D eigenvalue weighted by atomic mass is 16.6. The zero-order valence-electron chi connectivity index (χ0n) is 15.8. The van der Waals surface area contributed by atoms with Crippen LogP contribution in [0.3, 0.4) is 0 Å². The molecule has 0 saturated carbocycles. The molecule has 0 N–H and O–H groups in total. The number of aromatic nitrogens is 2. The third kappa shape index (κ3) is 3.93. The highest BCUT2D eigenvalue weighted by Crippen LogP contribution is 2.31. The Hall–Kier alpha value is -2.54. The fraction of sp³-hybridized carbons (Fsp3) is 0.500. The van der Waals surface area contributed by atoms with Crippen molar-refractivity contribution in [3.63, 3.8) is 0 Å². The van der Waals surface area contributed by atoms with Crippen molar-refractivity contribution in [3.8, 4) is 11.5 Å². The first-order valence-corrected chi connectivity index (χ1v) is 9.38. The number of fused-ring (bicyclic) bond motifs is 1. The molecule has 3 heterocycles. The average Bonchev–Trinajstić information content (AvgIpc) is 3.30. The number of benzene rings is 1. The van der Waals surface area contributed by atoms with Gasteiger partial charge in [0.1, 0.15) is 12.7 Å². The summed E-state index contributed by atoms with van der Waals surface area (Å²) in [5, 5.41) is 4.39. The van der Waals surface area contributed by atoms with Gasteiger partial charge < -0.3 is 19.1 Å². The van der Waals surface area contributed by atoms with E-state index in [1.165, 1.54) is 0 Å². The van der Waals surface area contributed by atoms with Gasteiger partial charge in [0, 0.05) is 13.7 Å². The molecular formula is C20H25N3O4. The van der Waals surface area contributed by atoms with Crippen LogP contribution in [0, 0.1) is 6.92 Å². The third-order valence-corrected chi connectivity index (χ3v) is 4.96. The molecule has 7 nitrogen and oxygen atoms in total. The van der Waals surface area contributed by atoms with Crippen LogP contribution in [0.25, 0.3) is 0 Å². The highest BCUT2D eigenvalue weighted by molar-refractivity contribution is 5.81. The molecule has 1 amide bonds. The Morgan fingerprint density at radius 2 is 2.15 bits per heavy atom. The normalized spacial score (nSPS) is 21.3. The number of rotatable bonds is 5. The molecule has 2 aliphatic heterocycles. The largest absolute Gasteiger partial charge is 0.486 e. The van der Waals surface area contributed by atoms with Crippen molar-refractivity contribution in [2.75, 3.05) is 19.8 Å². The fourth-order valence-electron chi connectivity index (χ4n) is 3.62. The predicted octanol–water partition coefficient (Wildman–Crippen LogP) is 2.08. The van der Waals surface area contributed by atoms with E-state index in [-0.39, 0.29) is 18.1 Å². The summed E-state index contributed by atoms with van der Waals surface area (Å²) in [5.74, 6) is 1.47. The van der Waals surface area contributed by atoms with Crippen LogP contribution in [0.1, 0.15) is 24.2 Å². The Morgan fingerprint density at radius 1 is 1.33 bits per heavy atom. The van der Waals surface area contributed by atoms with Crippen LogP contribution < -0.4 is 9.47 Å². The quantitative estimate of drug-likeness (QED) is 0.805. The van der Waals surface area contributed by atoms with Crippen molar-refractivity contribution in [2.24, 2.45) is 7.05 Å². The summed E-state index contributed by atoms with van der Waals surface area (Å²) < 4.78 is 19.3. The zero-order chi connectivity index (χ0) is 18.8. The molecule has 0 radical (unpaired) electrons. The lowest BCUT2D eigenvalue weighted by Gasteiger charge is -2.32. The van der Waals surface area contributed by atoms with Gasteiger partial charge in [0.05, 0.1) is 24.5 Å². The number of hydrogen-bond donors (Lipinski definition) is 0. The maximum Gasteiger partial charge on any atom is 0.252 e. The van der Waals surface area contributed by atoms with Gasteiger partial charge >= 0.3 is 0 Å². The van der Waals surface area contributed by atoms with Crippen molar-refractivity contribution in [3.05, 3.63) is 41.7 Å². The van der Waals surface area contributed by atoms with Crippen LogP contribution in [0.4, 0.5) is 0 Å². The van der Waals surface area contributed by atoms with E-state index in [0.29, 0.717) is 26.3 Å². The molecule has 2 atom stereocenters. The van der Waals surface area contributed by atoms with Crippen LogP contribution in [-0.2, 0) is 23.1 Å². The van der Waals surface area contributed by atoms with Gasteiger partial charge in [0.25, 0.3) is 5.91 Å². The molecule has 2 aliphatic rings. The minimum absolute atomic E-state index is 0.00816. The van der Waals surface area contributed by atoms with Gasteiger partial charge in [-0.2, -0.15) is 5.10 Å². The molecule has 0 unspecified atom stereocenters. The Balaban J connectivity index is 1.51. The number of carbonyl (C=O) groups excluding carboxylic acids is 1. The first-order valence-electron chi connectivity index (χ1n) is 9.38. The number of amides is 1. The van der Waals surface area contributed by atoms with Crippen molar-refractivity contribution in [2.45, 2.75) is 38.5 Å². The minimum Gasteiger partial charge on any atom is -0.486 e. The fourth-order valence-corrected chi connectivity index (χ4v) is 3.62. The monoisotopic (exact) mass is 371 g/mol. The number of hydrogen-bond acceptors (Lipinski definition) is 5. The lowest BCUT2D eigenvalue weighted by molar-refractivity contribution is -0.143. The van der Waals surface area contributed by atoms with E-state index in [1.54, 1.807) is 0 Å². The Labute approximate surface area is 158 Å². The summed E-state index contributed by atoms with van der Waals surface area (Å²) in [7, 11) is 1.90. The van der Waals surface area contributed by atoms with Crippen LogP contribution in [0.2, 0.25) is 0 Å². The van der Waals surface area contributed by atoms with Crippen LogP contribution in [-0.4, -0.2) is 52.6 Å². The Kier molecular flexibility index (Phi) is 5.03. The van der Waals surface area contributed by atoms with Gasteiger partial charge in [0.15, 0.2) is 17.6 Å². The maximum atomic E-state index is 13.1. The van der Waals surface area contributed by atoms with Gasteiger partial charge in [-0.1, -0.05) is 12.1 Å². The number of nitrogens with zero attached hydrogens (tertiary/aromatic N) is 3. The highest BCUT2D eigenvalue weighted by Gasteiger charge is 2.32. The number of aryl methyl sites for hydroxylation is 2. The second kappa shape index (κ2) is 7.60. The van der Waals surface area contributed by atoms with Gasteiger partial charge in [-0.05, 0) is 38.0 Å². The van der Waals surface area contributed by atoms with Crippen LogP contribution >= 0.6 is 0 Å². The summed E-state index contributed by atoms with van der Waals surface area (Å²) in [4.78, 5) is 14.9. The second-order valence-corrected chi connectivity index (χ2v) is 7.12. The summed E-state index contributed by atoms with van der Waals surface area (Å²) in [6.07, 6.45) is 1.10. The van der Waals surface area contributed by atoms with Crippen molar-refractivity contribution in [1.29, 1.82) is 0 Å². The summed E-state index contributed by atoms with van der Waals surface area (Å²) in [6.45, 7) is 3.92. The van der Waals surface area contributed by atoms with Crippen molar-refractivity contribution >= 4 is 5.91 Å². The van der Waals surface area contributed by atoms with Gasteiger partial charge in [0.2, 0.25) is 0 Å². The molecule has 2 aromatic rings. The number of carbonyl (C=O) groups is 1. The molecule has 0 spiro atoms. The molecular weight excluding hydrogens is 346 g/mol. The minimum atomic E-state index is -0.365. The lowest BCUT2D eigenvalue weighted by atomic mass is 10.2. The topological polar surface area (TPSA) is 65.8 Å². The first kappa shape index (κ1) is 17.9. The maximum absolute atomic E-state index is 13.1. The Bertz CT molecular complexity index is 813. The molecule has 0 aliphatic carbocycles. The molecule has 1 fully saturated rings.